The van der Waals surface area contributed by atoms with Crippen molar-refractivity contribution >= 4 is 0 Å². The van der Waals surface area contributed by atoms with Crippen LogP contribution in [0.5, 0.6) is 0 Å². The molecule has 2 heteroatoms. The van der Waals surface area contributed by atoms with Crippen LogP contribution >= 0.6 is 0 Å². The zero-order valence-corrected chi connectivity index (χ0v) is 8.92. The van der Waals surface area contributed by atoms with E-state index in [1.165, 1.54) is 0 Å². The van der Waals surface area contributed by atoms with Gasteiger partial charge in [0.05, 0.1) is 6.54 Å². The summed E-state index contributed by atoms with van der Waals surface area (Å²) in [5, 5.41) is 0. The lowest BCUT2D eigenvalue weighted by Crippen LogP contribution is -2.18. The Morgan fingerprint density at radius 3 is 2.86 bits per heavy atom. The Morgan fingerprint density at radius 1 is 1.50 bits per heavy atom. The van der Waals surface area contributed by atoms with E-state index in [1.54, 1.807) is 0 Å². The van der Waals surface area contributed by atoms with Gasteiger partial charge in [0.15, 0.2) is 0 Å². The summed E-state index contributed by atoms with van der Waals surface area (Å²) in [5.41, 5.74) is 0. The SMILES string of the molecule is C#CCCCN(C)Cc1ccc(C)o1. The average Bonchev–Trinajstić information content (AvgIpc) is 2.52. The molecule has 0 aliphatic heterocycles. The second kappa shape index (κ2) is 5.51. The van der Waals surface area contributed by atoms with Gasteiger partial charge >= 0.3 is 0 Å². The monoisotopic (exact) mass is 191 g/mol. The predicted molar refractivity (Wildman–Crippen MR) is 57.8 cm³/mol. The lowest BCUT2D eigenvalue weighted by molar-refractivity contribution is 0.290. The first-order chi connectivity index (χ1) is 6.72. The van der Waals surface area contributed by atoms with Crippen molar-refractivity contribution in [3.63, 3.8) is 0 Å². The zero-order valence-electron chi connectivity index (χ0n) is 8.92. The van der Waals surface area contributed by atoms with Gasteiger partial charge < -0.3 is 4.42 Å². The quantitative estimate of drug-likeness (QED) is 0.525. The van der Waals surface area contributed by atoms with Crippen LogP contribution in [0.1, 0.15) is 24.4 Å². The Bertz CT molecular complexity index is 308. The minimum atomic E-state index is 0.849. The Balaban J connectivity index is 2.27. The van der Waals surface area contributed by atoms with Crippen molar-refractivity contribution in [2.24, 2.45) is 0 Å². The molecule has 0 amide bonds. The molecule has 0 atom stereocenters. The third kappa shape index (κ3) is 3.68. The number of terminal acetylenes is 1. The van der Waals surface area contributed by atoms with Gasteiger partial charge in [-0.25, -0.2) is 0 Å². The lowest BCUT2D eigenvalue weighted by Gasteiger charge is -2.13. The van der Waals surface area contributed by atoms with Crippen LogP contribution in [0.15, 0.2) is 16.5 Å². The fourth-order valence-corrected chi connectivity index (χ4v) is 1.37. The van der Waals surface area contributed by atoms with Crippen molar-refractivity contribution in [3.8, 4) is 12.3 Å². The standard InChI is InChI=1S/C12H17NO/c1-4-5-6-9-13(3)10-12-8-7-11(2)14-12/h1,7-8H,5-6,9-10H2,2-3H3. The lowest BCUT2D eigenvalue weighted by atomic mass is 10.3. The molecule has 0 unspecified atom stereocenters. The Hall–Kier alpha value is -1.20. The van der Waals surface area contributed by atoms with Gasteiger partial charge in [-0.15, -0.1) is 12.3 Å². The topological polar surface area (TPSA) is 16.4 Å². The highest BCUT2D eigenvalue weighted by atomic mass is 16.3. The van der Waals surface area contributed by atoms with E-state index in [0.717, 1.165) is 37.5 Å². The summed E-state index contributed by atoms with van der Waals surface area (Å²) in [5.74, 6) is 4.63. The molecule has 0 aliphatic rings. The van der Waals surface area contributed by atoms with Gasteiger partial charge in [0.1, 0.15) is 11.5 Å². The van der Waals surface area contributed by atoms with E-state index in [9.17, 15) is 0 Å². The first-order valence-electron chi connectivity index (χ1n) is 4.89. The molecule has 0 N–H and O–H groups in total. The van der Waals surface area contributed by atoms with E-state index in [1.807, 2.05) is 19.1 Å². The maximum Gasteiger partial charge on any atom is 0.118 e. The molecule has 14 heavy (non-hydrogen) atoms. The van der Waals surface area contributed by atoms with Gasteiger partial charge in [-0.1, -0.05) is 0 Å². The van der Waals surface area contributed by atoms with Gasteiger partial charge in [-0.05, 0) is 39.1 Å². The smallest absolute Gasteiger partial charge is 0.118 e. The first-order valence-corrected chi connectivity index (χ1v) is 4.89. The number of hydrogen-bond acceptors (Lipinski definition) is 2. The van der Waals surface area contributed by atoms with Crippen molar-refractivity contribution < 1.29 is 4.42 Å². The molecule has 1 rings (SSSR count). The fourth-order valence-electron chi connectivity index (χ4n) is 1.37. The van der Waals surface area contributed by atoms with Crippen LogP contribution in [-0.2, 0) is 6.54 Å². The number of rotatable bonds is 5. The number of aryl methyl sites for hydroxylation is 1. The largest absolute Gasteiger partial charge is 0.465 e. The fraction of sp³-hybridized carbons (Fsp3) is 0.500. The third-order valence-corrected chi connectivity index (χ3v) is 2.08. The summed E-state index contributed by atoms with van der Waals surface area (Å²) in [6.45, 7) is 3.84. The highest BCUT2D eigenvalue weighted by Crippen LogP contribution is 2.08. The van der Waals surface area contributed by atoms with Gasteiger partial charge in [0.25, 0.3) is 0 Å². The molecule has 0 aliphatic carbocycles. The number of unbranched alkanes of at least 4 members (excludes halogenated alkanes) is 1. The minimum absolute atomic E-state index is 0.849. The van der Waals surface area contributed by atoms with E-state index in [4.69, 9.17) is 10.8 Å². The Morgan fingerprint density at radius 2 is 2.29 bits per heavy atom. The summed E-state index contributed by atoms with van der Waals surface area (Å²) in [6.07, 6.45) is 7.08. The molecule has 0 bridgehead atoms. The van der Waals surface area contributed by atoms with Gasteiger partial charge in [0, 0.05) is 6.42 Å². The van der Waals surface area contributed by atoms with Crippen LogP contribution in [-0.4, -0.2) is 18.5 Å². The van der Waals surface area contributed by atoms with Crippen LogP contribution < -0.4 is 0 Å². The highest BCUT2D eigenvalue weighted by Gasteiger charge is 2.02. The van der Waals surface area contributed by atoms with Crippen molar-refractivity contribution in [1.82, 2.24) is 4.90 Å². The maximum absolute atomic E-state index is 5.48. The number of nitrogens with zero attached hydrogens (tertiary/aromatic N) is 1. The van der Waals surface area contributed by atoms with Crippen LogP contribution in [0.4, 0.5) is 0 Å². The average molecular weight is 191 g/mol. The van der Waals surface area contributed by atoms with E-state index in [-0.39, 0.29) is 0 Å². The molecule has 0 aromatic carbocycles. The molecule has 0 radical (unpaired) electrons. The first kappa shape index (κ1) is 10.9. The molecule has 2 nitrogen and oxygen atoms in total. The van der Waals surface area contributed by atoms with Crippen molar-refractivity contribution in [2.45, 2.75) is 26.3 Å². The second-order valence-electron chi connectivity index (χ2n) is 3.56. The van der Waals surface area contributed by atoms with Crippen LogP contribution in [0.3, 0.4) is 0 Å². The van der Waals surface area contributed by atoms with Crippen molar-refractivity contribution in [2.75, 3.05) is 13.6 Å². The molecule has 0 saturated heterocycles. The van der Waals surface area contributed by atoms with Gasteiger partial charge in [0.2, 0.25) is 0 Å². The second-order valence-corrected chi connectivity index (χ2v) is 3.56. The van der Waals surface area contributed by atoms with Gasteiger partial charge in [-0.2, -0.15) is 0 Å². The van der Waals surface area contributed by atoms with E-state index in [0.29, 0.717) is 0 Å². The highest BCUT2D eigenvalue weighted by molar-refractivity contribution is 5.05. The third-order valence-electron chi connectivity index (χ3n) is 2.08. The molecule has 0 fully saturated rings. The van der Waals surface area contributed by atoms with E-state index in [2.05, 4.69) is 17.9 Å². The summed E-state index contributed by atoms with van der Waals surface area (Å²) in [6, 6.07) is 4.01. The van der Waals surface area contributed by atoms with Crippen LogP contribution in [0.2, 0.25) is 0 Å². The van der Waals surface area contributed by atoms with E-state index >= 15 is 0 Å². The summed E-state index contributed by atoms with van der Waals surface area (Å²) in [4.78, 5) is 2.22. The van der Waals surface area contributed by atoms with Crippen molar-refractivity contribution in [1.29, 1.82) is 0 Å². The molecule has 0 saturated carbocycles. The summed E-state index contributed by atoms with van der Waals surface area (Å²) >= 11 is 0. The predicted octanol–water partition coefficient (Wildman–Crippen LogP) is 2.43. The minimum Gasteiger partial charge on any atom is -0.465 e. The molecule has 1 aromatic rings. The van der Waals surface area contributed by atoms with Crippen molar-refractivity contribution in [3.05, 3.63) is 23.7 Å². The number of hydrogen-bond donors (Lipinski definition) is 0. The number of furan rings is 1. The Labute approximate surface area is 85.9 Å². The maximum atomic E-state index is 5.48. The Kier molecular flexibility index (Phi) is 4.28. The van der Waals surface area contributed by atoms with Crippen LogP contribution in [0, 0.1) is 19.3 Å². The molecule has 76 valence electrons. The molecule has 0 spiro atoms. The van der Waals surface area contributed by atoms with Crippen LogP contribution in [0.25, 0.3) is 0 Å². The zero-order chi connectivity index (χ0) is 10.4. The van der Waals surface area contributed by atoms with E-state index < -0.39 is 0 Å². The summed E-state index contributed by atoms with van der Waals surface area (Å²) in [7, 11) is 2.08. The van der Waals surface area contributed by atoms with Gasteiger partial charge in [-0.3, -0.25) is 4.90 Å². The molecule has 1 heterocycles. The molecular formula is C12H17NO. The molecule has 1 aromatic heterocycles. The molecular weight excluding hydrogens is 174 g/mol. The summed E-state index contributed by atoms with van der Waals surface area (Å²) < 4.78 is 5.48. The normalized spacial score (nSPS) is 10.4.